The largest absolute Gasteiger partial charge is 0.573 e. The van der Waals surface area contributed by atoms with E-state index in [0.717, 1.165) is 31.0 Å². The lowest BCUT2D eigenvalue weighted by atomic mass is 9.88. The van der Waals surface area contributed by atoms with Crippen molar-refractivity contribution in [3.05, 3.63) is 70.2 Å². The van der Waals surface area contributed by atoms with Crippen LogP contribution in [0.15, 0.2) is 47.5 Å². The molecule has 4 rings (SSSR count). The van der Waals surface area contributed by atoms with Gasteiger partial charge in [0.05, 0.1) is 0 Å². The van der Waals surface area contributed by atoms with Crippen molar-refractivity contribution in [1.82, 2.24) is 19.9 Å². The van der Waals surface area contributed by atoms with Gasteiger partial charge in [0, 0.05) is 24.9 Å². The Labute approximate surface area is 178 Å². The highest BCUT2D eigenvalue weighted by molar-refractivity contribution is 5.95. The minimum Gasteiger partial charge on any atom is -0.403 e. The molecule has 1 N–H and O–H groups in total. The van der Waals surface area contributed by atoms with Crippen molar-refractivity contribution in [2.24, 2.45) is 5.92 Å². The lowest BCUT2D eigenvalue weighted by Crippen LogP contribution is -2.18. The highest BCUT2D eigenvalue weighted by Crippen LogP contribution is 2.45. The maximum atomic E-state index is 14.2. The fourth-order valence-electron chi connectivity index (χ4n) is 3.44. The normalized spacial score (nSPS) is 14.8. The van der Waals surface area contributed by atoms with Gasteiger partial charge in [-0.1, -0.05) is 6.07 Å². The Kier molecular flexibility index (Phi) is 5.72. The molecule has 32 heavy (non-hydrogen) atoms. The van der Waals surface area contributed by atoms with Crippen LogP contribution < -0.4 is 10.3 Å². The van der Waals surface area contributed by atoms with E-state index in [1.165, 1.54) is 18.5 Å². The molecule has 0 unspecified atom stereocenters. The fraction of sp³-hybridized carbons (Fsp3) is 0.286. The average molecular weight is 448 g/mol. The van der Waals surface area contributed by atoms with E-state index in [1.807, 2.05) is 0 Å². The van der Waals surface area contributed by atoms with Crippen LogP contribution >= 0.6 is 0 Å². The minimum absolute atomic E-state index is 0.0316. The minimum atomic E-state index is -5.01. The molecule has 1 atom stereocenters. The van der Waals surface area contributed by atoms with Crippen LogP contribution in [-0.2, 0) is 0 Å². The van der Waals surface area contributed by atoms with Crippen LogP contribution in [-0.4, -0.2) is 32.1 Å². The van der Waals surface area contributed by atoms with Gasteiger partial charge < -0.3 is 9.72 Å². The lowest BCUT2D eigenvalue weighted by molar-refractivity contribution is -0.275. The monoisotopic (exact) mass is 448 g/mol. The number of ketones is 1. The van der Waals surface area contributed by atoms with Crippen molar-refractivity contribution in [3.8, 4) is 17.4 Å². The van der Waals surface area contributed by atoms with E-state index in [1.54, 1.807) is 6.07 Å². The number of alkyl halides is 3. The molecular formula is C21H16F4N4O3. The van der Waals surface area contributed by atoms with E-state index >= 15 is 0 Å². The van der Waals surface area contributed by atoms with Crippen LogP contribution in [0.25, 0.3) is 11.6 Å². The van der Waals surface area contributed by atoms with Gasteiger partial charge in [-0.3, -0.25) is 9.59 Å². The first kappa shape index (κ1) is 21.6. The molecule has 2 aromatic heterocycles. The van der Waals surface area contributed by atoms with Crippen molar-refractivity contribution < 1.29 is 27.1 Å². The standard InChI is InChI=1S/C21H16F4N4O3/c22-14-8-12(4-5-17(14)32-21(23,24)25)13(11-2-3-11)9-16(30)15-10-18(31)29-20(28-15)19-26-6-1-7-27-19/h1,4-8,10-11,13H,2-3,9H2,(H,28,29,31)/t13-/m1/s1. The second-order valence-electron chi connectivity index (χ2n) is 7.36. The second-order valence-corrected chi connectivity index (χ2v) is 7.36. The second kappa shape index (κ2) is 8.48. The number of benzene rings is 1. The van der Waals surface area contributed by atoms with Crippen molar-refractivity contribution in [1.29, 1.82) is 0 Å². The molecule has 1 aliphatic carbocycles. The Bertz CT molecular complexity index is 1190. The molecule has 0 bridgehead atoms. The van der Waals surface area contributed by atoms with E-state index in [2.05, 4.69) is 24.7 Å². The molecule has 0 aliphatic heterocycles. The highest BCUT2D eigenvalue weighted by atomic mass is 19.4. The number of rotatable bonds is 7. The van der Waals surface area contributed by atoms with Crippen LogP contribution in [0.1, 0.15) is 41.2 Å². The maximum Gasteiger partial charge on any atom is 0.573 e. The first-order chi connectivity index (χ1) is 15.2. The van der Waals surface area contributed by atoms with E-state index in [4.69, 9.17) is 0 Å². The number of carbonyl (C=O) groups is 1. The van der Waals surface area contributed by atoms with Crippen molar-refractivity contribution in [3.63, 3.8) is 0 Å². The summed E-state index contributed by atoms with van der Waals surface area (Å²) >= 11 is 0. The third-order valence-electron chi connectivity index (χ3n) is 5.01. The highest BCUT2D eigenvalue weighted by Gasteiger charge is 2.36. The number of Topliss-reactive ketones (excluding diaryl/α,β-unsaturated/α-hetero) is 1. The van der Waals surface area contributed by atoms with Crippen LogP contribution in [0.5, 0.6) is 5.75 Å². The van der Waals surface area contributed by atoms with Gasteiger partial charge in [0.2, 0.25) is 0 Å². The van der Waals surface area contributed by atoms with Gasteiger partial charge >= 0.3 is 6.36 Å². The summed E-state index contributed by atoms with van der Waals surface area (Å²) < 4.78 is 55.0. The van der Waals surface area contributed by atoms with E-state index in [-0.39, 0.29) is 29.7 Å². The lowest BCUT2D eigenvalue weighted by Gasteiger charge is -2.17. The topological polar surface area (TPSA) is 97.8 Å². The smallest absolute Gasteiger partial charge is 0.403 e. The summed E-state index contributed by atoms with van der Waals surface area (Å²) in [6.07, 6.45) is -0.588. The quantitative estimate of drug-likeness (QED) is 0.433. The number of halogens is 4. The zero-order valence-electron chi connectivity index (χ0n) is 16.4. The van der Waals surface area contributed by atoms with Gasteiger partial charge in [0.25, 0.3) is 5.56 Å². The third-order valence-corrected chi connectivity index (χ3v) is 5.01. The number of H-pyrrole nitrogens is 1. The predicted octanol–water partition coefficient (Wildman–Crippen LogP) is 4.03. The maximum absolute atomic E-state index is 14.2. The molecule has 7 nitrogen and oxygen atoms in total. The first-order valence-electron chi connectivity index (χ1n) is 9.67. The molecule has 0 saturated heterocycles. The molecule has 0 amide bonds. The molecular weight excluding hydrogens is 432 g/mol. The number of aromatic nitrogens is 4. The molecule has 3 aromatic rings. The van der Waals surface area contributed by atoms with Gasteiger partial charge in [-0.25, -0.2) is 19.3 Å². The number of aromatic amines is 1. The Morgan fingerprint density at radius 3 is 2.53 bits per heavy atom. The molecule has 0 spiro atoms. The van der Waals surface area contributed by atoms with Crippen LogP contribution in [0, 0.1) is 11.7 Å². The summed E-state index contributed by atoms with van der Waals surface area (Å²) in [6.45, 7) is 0. The summed E-state index contributed by atoms with van der Waals surface area (Å²) in [7, 11) is 0. The number of nitrogens with one attached hydrogen (secondary N) is 1. The van der Waals surface area contributed by atoms with E-state index < -0.39 is 35.2 Å². The van der Waals surface area contributed by atoms with Crippen LogP contribution in [0.3, 0.4) is 0 Å². The Balaban J connectivity index is 1.58. The fourth-order valence-corrected chi connectivity index (χ4v) is 3.44. The van der Waals surface area contributed by atoms with Crippen LogP contribution in [0.2, 0.25) is 0 Å². The Hall–Kier alpha value is -3.63. The summed E-state index contributed by atoms with van der Waals surface area (Å²) in [4.78, 5) is 39.5. The summed E-state index contributed by atoms with van der Waals surface area (Å²) in [5, 5.41) is 0. The summed E-state index contributed by atoms with van der Waals surface area (Å²) in [5.41, 5.74) is -0.280. The number of nitrogens with zero attached hydrogens (tertiary/aromatic N) is 3. The molecule has 1 fully saturated rings. The predicted molar refractivity (Wildman–Crippen MR) is 103 cm³/mol. The van der Waals surface area contributed by atoms with E-state index in [9.17, 15) is 27.2 Å². The number of ether oxygens (including phenoxy) is 1. The average Bonchev–Trinajstić information content (AvgIpc) is 3.58. The van der Waals surface area contributed by atoms with Gasteiger partial charge in [-0.15, -0.1) is 13.2 Å². The summed E-state index contributed by atoms with van der Waals surface area (Å²) in [5.74, 6) is -2.76. The first-order valence-corrected chi connectivity index (χ1v) is 9.67. The molecule has 11 heteroatoms. The zero-order valence-corrected chi connectivity index (χ0v) is 16.4. The van der Waals surface area contributed by atoms with Gasteiger partial charge in [-0.05, 0) is 48.4 Å². The zero-order chi connectivity index (χ0) is 22.9. The Morgan fingerprint density at radius 1 is 1.19 bits per heavy atom. The number of hydrogen-bond donors (Lipinski definition) is 1. The number of carbonyl (C=O) groups excluding carboxylic acids is 1. The van der Waals surface area contributed by atoms with Crippen molar-refractivity contribution in [2.45, 2.75) is 31.5 Å². The van der Waals surface area contributed by atoms with Gasteiger partial charge in [0.1, 0.15) is 5.69 Å². The molecule has 166 valence electrons. The molecule has 1 aromatic carbocycles. The van der Waals surface area contributed by atoms with Crippen molar-refractivity contribution in [2.75, 3.05) is 0 Å². The van der Waals surface area contributed by atoms with Gasteiger partial charge in [-0.2, -0.15) is 0 Å². The van der Waals surface area contributed by atoms with Gasteiger partial charge in [0.15, 0.2) is 29.0 Å². The van der Waals surface area contributed by atoms with E-state index in [0.29, 0.717) is 5.56 Å². The third kappa shape index (κ3) is 5.16. The molecule has 1 saturated carbocycles. The Morgan fingerprint density at radius 2 is 1.91 bits per heavy atom. The molecule has 0 radical (unpaired) electrons. The number of hydrogen-bond acceptors (Lipinski definition) is 6. The molecule has 1 aliphatic rings. The SMILES string of the molecule is O=C(C[C@@H](c1ccc(OC(F)(F)F)c(F)c1)C1CC1)c1cc(=O)[nH]c(-c2ncccn2)n1. The molecule has 2 heterocycles. The summed E-state index contributed by atoms with van der Waals surface area (Å²) in [6, 6.07) is 5.80. The van der Waals surface area contributed by atoms with Crippen molar-refractivity contribution >= 4 is 5.78 Å². The van der Waals surface area contributed by atoms with Crippen LogP contribution in [0.4, 0.5) is 17.6 Å².